The summed E-state index contributed by atoms with van der Waals surface area (Å²) in [6.07, 6.45) is 2.53. The van der Waals surface area contributed by atoms with Crippen LogP contribution in [0.5, 0.6) is 11.5 Å². The summed E-state index contributed by atoms with van der Waals surface area (Å²) in [5.41, 5.74) is 2.22. The van der Waals surface area contributed by atoms with Crippen LogP contribution < -0.4 is 14.8 Å². The van der Waals surface area contributed by atoms with Crippen molar-refractivity contribution in [1.82, 2.24) is 0 Å². The van der Waals surface area contributed by atoms with Crippen LogP contribution in [0.1, 0.15) is 31.4 Å². The Hall–Kier alpha value is -3.61. The van der Waals surface area contributed by atoms with Gasteiger partial charge in [-0.15, -0.1) is 0 Å². The zero-order valence-corrected chi connectivity index (χ0v) is 16.5. The average molecular weight is 394 g/mol. The number of carbonyl (C=O) groups is 2. The number of benzene rings is 2. The van der Waals surface area contributed by atoms with Crippen LogP contribution in [0.25, 0.3) is 6.08 Å². The van der Waals surface area contributed by atoms with Crippen LogP contribution in [0.2, 0.25) is 0 Å². The minimum atomic E-state index is -0.531. The lowest BCUT2D eigenvalue weighted by Crippen LogP contribution is -2.07. The molecule has 7 nitrogen and oxygen atoms in total. The van der Waals surface area contributed by atoms with E-state index in [9.17, 15) is 9.59 Å². The van der Waals surface area contributed by atoms with E-state index in [1.807, 2.05) is 13.0 Å². The minimum Gasteiger partial charge on any atom is -0.493 e. The molecule has 0 saturated heterocycles. The molecule has 0 aliphatic carbocycles. The van der Waals surface area contributed by atoms with Crippen LogP contribution >= 0.6 is 0 Å². The highest BCUT2D eigenvalue weighted by Gasteiger charge is 2.24. The molecule has 2 aromatic rings. The smallest absolute Gasteiger partial charge is 0.363 e. The number of hydrogen-bond acceptors (Lipinski definition) is 6. The largest absolute Gasteiger partial charge is 0.493 e. The molecule has 1 amide bonds. The molecule has 0 unspecified atom stereocenters. The molecule has 1 N–H and O–H groups in total. The van der Waals surface area contributed by atoms with E-state index in [4.69, 9.17) is 14.2 Å². The van der Waals surface area contributed by atoms with Gasteiger partial charge in [0.05, 0.1) is 13.7 Å². The minimum absolute atomic E-state index is 0.158. The Morgan fingerprint density at radius 3 is 2.59 bits per heavy atom. The van der Waals surface area contributed by atoms with Gasteiger partial charge < -0.3 is 19.5 Å². The topological polar surface area (TPSA) is 86.2 Å². The molecule has 0 spiro atoms. The third kappa shape index (κ3) is 5.01. The van der Waals surface area contributed by atoms with E-state index in [-0.39, 0.29) is 17.5 Å². The van der Waals surface area contributed by atoms with Crippen molar-refractivity contribution in [1.29, 1.82) is 0 Å². The number of amides is 1. The number of rotatable bonds is 7. The number of hydrogen-bond donors (Lipinski definition) is 1. The predicted octanol–water partition coefficient (Wildman–Crippen LogP) is 3.79. The fourth-order valence-electron chi connectivity index (χ4n) is 2.70. The Morgan fingerprint density at radius 2 is 1.93 bits per heavy atom. The fourth-order valence-corrected chi connectivity index (χ4v) is 2.70. The van der Waals surface area contributed by atoms with Gasteiger partial charge in [0.15, 0.2) is 17.2 Å². The summed E-state index contributed by atoms with van der Waals surface area (Å²) in [5, 5.41) is 2.68. The van der Waals surface area contributed by atoms with Gasteiger partial charge in [-0.1, -0.05) is 13.0 Å². The number of nitrogens with zero attached hydrogens (tertiary/aromatic N) is 1. The molecule has 2 aromatic carbocycles. The standard InChI is InChI=1S/C22H22N2O5/c1-4-11-28-19-10-5-15(13-20(19)27-3)12-18-22(26)29-21(24-18)16-6-8-17(9-7-16)23-14(2)25/h5-10,12-13H,4,11H2,1-3H3,(H,23,25)/b18-12-. The van der Waals surface area contributed by atoms with Gasteiger partial charge in [-0.3, -0.25) is 4.79 Å². The third-order valence-corrected chi connectivity index (χ3v) is 4.03. The van der Waals surface area contributed by atoms with E-state index >= 15 is 0 Å². The molecular weight excluding hydrogens is 372 g/mol. The normalized spacial score (nSPS) is 14.4. The molecule has 1 aliphatic heterocycles. The Bertz CT molecular complexity index is 977. The van der Waals surface area contributed by atoms with Crippen molar-refractivity contribution in [3.8, 4) is 11.5 Å². The van der Waals surface area contributed by atoms with E-state index < -0.39 is 5.97 Å². The number of methoxy groups -OCH3 is 1. The van der Waals surface area contributed by atoms with Gasteiger partial charge in [-0.25, -0.2) is 9.79 Å². The molecule has 150 valence electrons. The van der Waals surface area contributed by atoms with Crippen molar-refractivity contribution in [2.45, 2.75) is 20.3 Å². The summed E-state index contributed by atoms with van der Waals surface area (Å²) in [6.45, 7) is 4.06. The number of ether oxygens (including phenoxy) is 3. The zero-order valence-electron chi connectivity index (χ0n) is 16.5. The lowest BCUT2D eigenvalue weighted by atomic mass is 10.1. The predicted molar refractivity (Wildman–Crippen MR) is 110 cm³/mol. The molecule has 0 fully saturated rings. The third-order valence-electron chi connectivity index (χ3n) is 4.03. The second-order valence-corrected chi connectivity index (χ2v) is 6.35. The molecule has 0 atom stereocenters. The van der Waals surface area contributed by atoms with Crippen molar-refractivity contribution < 1.29 is 23.8 Å². The van der Waals surface area contributed by atoms with Crippen molar-refractivity contribution in [2.24, 2.45) is 4.99 Å². The maximum Gasteiger partial charge on any atom is 0.363 e. The van der Waals surface area contributed by atoms with Crippen molar-refractivity contribution in [2.75, 3.05) is 19.0 Å². The number of esters is 1. The van der Waals surface area contributed by atoms with Crippen LogP contribution in [0.3, 0.4) is 0 Å². The van der Waals surface area contributed by atoms with Gasteiger partial charge in [-0.2, -0.15) is 0 Å². The molecular formula is C22H22N2O5. The van der Waals surface area contributed by atoms with Crippen molar-refractivity contribution >= 4 is 29.5 Å². The Kier molecular flexibility index (Phi) is 6.29. The molecule has 0 bridgehead atoms. The van der Waals surface area contributed by atoms with E-state index in [0.29, 0.717) is 29.4 Å². The second-order valence-electron chi connectivity index (χ2n) is 6.35. The first kappa shape index (κ1) is 20.1. The Balaban J connectivity index is 1.82. The molecule has 3 rings (SSSR count). The highest BCUT2D eigenvalue weighted by atomic mass is 16.6. The average Bonchev–Trinajstić information content (AvgIpc) is 3.07. The molecule has 1 heterocycles. The molecule has 7 heteroatoms. The summed E-state index contributed by atoms with van der Waals surface area (Å²) in [5.74, 6) is 0.752. The van der Waals surface area contributed by atoms with E-state index in [0.717, 1.165) is 12.0 Å². The highest BCUT2D eigenvalue weighted by Crippen LogP contribution is 2.30. The van der Waals surface area contributed by atoms with E-state index in [1.165, 1.54) is 6.92 Å². The summed E-state index contributed by atoms with van der Waals surface area (Å²) in [7, 11) is 1.57. The van der Waals surface area contributed by atoms with Crippen molar-refractivity contribution in [3.05, 3.63) is 59.3 Å². The lowest BCUT2D eigenvalue weighted by molar-refractivity contribution is -0.129. The van der Waals surface area contributed by atoms with E-state index in [2.05, 4.69) is 10.3 Å². The number of nitrogens with one attached hydrogen (secondary N) is 1. The molecule has 29 heavy (non-hydrogen) atoms. The van der Waals surface area contributed by atoms with Crippen LogP contribution in [0.4, 0.5) is 5.69 Å². The Morgan fingerprint density at radius 1 is 1.17 bits per heavy atom. The zero-order chi connectivity index (χ0) is 20.8. The van der Waals surface area contributed by atoms with Gasteiger partial charge in [0.2, 0.25) is 11.8 Å². The van der Waals surface area contributed by atoms with Gasteiger partial charge in [0.25, 0.3) is 0 Å². The maximum absolute atomic E-state index is 12.2. The first-order valence-electron chi connectivity index (χ1n) is 9.21. The van der Waals surface area contributed by atoms with Gasteiger partial charge in [0, 0.05) is 18.2 Å². The first-order valence-corrected chi connectivity index (χ1v) is 9.21. The summed E-state index contributed by atoms with van der Waals surface area (Å²) in [6, 6.07) is 12.3. The van der Waals surface area contributed by atoms with Crippen LogP contribution in [-0.2, 0) is 14.3 Å². The number of anilines is 1. The van der Waals surface area contributed by atoms with Gasteiger partial charge in [-0.05, 0) is 54.5 Å². The number of carbonyl (C=O) groups excluding carboxylic acids is 2. The van der Waals surface area contributed by atoms with Gasteiger partial charge >= 0.3 is 5.97 Å². The number of aliphatic imine (C=N–C) groups is 1. The SMILES string of the molecule is CCCOc1ccc(/C=C2\N=C(c3ccc(NC(C)=O)cc3)OC2=O)cc1OC. The fraction of sp³-hybridized carbons (Fsp3) is 0.227. The first-order chi connectivity index (χ1) is 14.0. The summed E-state index contributed by atoms with van der Waals surface area (Å²) in [4.78, 5) is 27.6. The van der Waals surface area contributed by atoms with E-state index in [1.54, 1.807) is 49.6 Å². The summed E-state index contributed by atoms with van der Waals surface area (Å²) < 4.78 is 16.3. The van der Waals surface area contributed by atoms with Crippen LogP contribution in [0.15, 0.2) is 53.2 Å². The molecule has 0 radical (unpaired) electrons. The molecule has 0 aromatic heterocycles. The van der Waals surface area contributed by atoms with Crippen LogP contribution in [0, 0.1) is 0 Å². The highest BCUT2D eigenvalue weighted by molar-refractivity contribution is 6.13. The molecule has 1 aliphatic rings. The Labute approximate surface area is 169 Å². The van der Waals surface area contributed by atoms with Gasteiger partial charge in [0.1, 0.15) is 0 Å². The summed E-state index contributed by atoms with van der Waals surface area (Å²) >= 11 is 0. The quantitative estimate of drug-likeness (QED) is 0.570. The second kappa shape index (κ2) is 9.05. The maximum atomic E-state index is 12.2. The van der Waals surface area contributed by atoms with Crippen molar-refractivity contribution in [3.63, 3.8) is 0 Å². The monoisotopic (exact) mass is 394 g/mol. The number of cyclic esters (lactones) is 1. The van der Waals surface area contributed by atoms with Crippen LogP contribution in [-0.4, -0.2) is 31.5 Å². The lowest BCUT2D eigenvalue weighted by Gasteiger charge is -2.10. The molecule has 0 saturated carbocycles.